The van der Waals surface area contributed by atoms with Crippen LogP contribution < -0.4 is 0 Å². The Balaban J connectivity index is 1.42. The van der Waals surface area contributed by atoms with E-state index in [0.29, 0.717) is 6.10 Å². The van der Waals surface area contributed by atoms with E-state index in [0.717, 1.165) is 30.8 Å². The second-order valence-corrected chi connectivity index (χ2v) is 10.2. The van der Waals surface area contributed by atoms with E-state index in [9.17, 15) is 0 Å². The Morgan fingerprint density at radius 2 is 1.50 bits per heavy atom. The van der Waals surface area contributed by atoms with Crippen molar-refractivity contribution in [2.24, 2.45) is 17.8 Å². The first-order valence-corrected chi connectivity index (χ1v) is 13.2. The lowest BCUT2D eigenvalue weighted by molar-refractivity contribution is 0.0147. The maximum Gasteiger partial charge on any atom is 0.0572 e. The van der Waals surface area contributed by atoms with Gasteiger partial charge >= 0.3 is 0 Å². The Hall–Kier alpha value is -1.86. The van der Waals surface area contributed by atoms with Gasteiger partial charge in [-0.2, -0.15) is 0 Å². The van der Waals surface area contributed by atoms with Crippen LogP contribution in [0.3, 0.4) is 0 Å². The highest BCUT2D eigenvalue weighted by Crippen LogP contribution is 2.44. The molecule has 4 unspecified atom stereocenters. The molecular formula is C31H42O. The lowest BCUT2D eigenvalue weighted by Crippen LogP contribution is -2.29. The second kappa shape index (κ2) is 11.3. The van der Waals surface area contributed by atoms with Gasteiger partial charge in [-0.3, -0.25) is 0 Å². The largest absolute Gasteiger partial charge is 0.378 e. The normalized spacial score (nSPS) is 23.0. The minimum absolute atomic E-state index is 0.103. The van der Waals surface area contributed by atoms with Gasteiger partial charge in [-0.15, -0.1) is 0 Å². The van der Waals surface area contributed by atoms with Crippen molar-refractivity contribution >= 4 is 0 Å². The van der Waals surface area contributed by atoms with Crippen LogP contribution in [0.25, 0.3) is 0 Å². The van der Waals surface area contributed by atoms with Crippen molar-refractivity contribution in [3.63, 3.8) is 0 Å². The summed E-state index contributed by atoms with van der Waals surface area (Å²) in [6, 6.07) is 22.5. The Morgan fingerprint density at radius 1 is 0.844 bits per heavy atom. The lowest BCUT2D eigenvalue weighted by atomic mass is 9.68. The van der Waals surface area contributed by atoms with Crippen LogP contribution in [0.4, 0.5) is 0 Å². The number of hydrogen-bond acceptors (Lipinski definition) is 1. The summed E-state index contributed by atoms with van der Waals surface area (Å²) in [5.41, 5.74) is 3.05. The molecule has 0 amide bonds. The summed E-state index contributed by atoms with van der Waals surface area (Å²) in [6.45, 7) is 5.57. The van der Waals surface area contributed by atoms with Crippen molar-refractivity contribution in [2.75, 3.05) is 6.61 Å². The van der Waals surface area contributed by atoms with Gasteiger partial charge in [0.15, 0.2) is 0 Å². The molecule has 0 aliphatic heterocycles. The van der Waals surface area contributed by atoms with E-state index in [1.54, 1.807) is 0 Å². The first-order chi connectivity index (χ1) is 15.7. The third-order valence-corrected chi connectivity index (χ3v) is 8.16. The van der Waals surface area contributed by atoms with Crippen molar-refractivity contribution in [1.29, 1.82) is 0 Å². The zero-order valence-electron chi connectivity index (χ0n) is 20.2. The zero-order valence-corrected chi connectivity index (χ0v) is 20.2. The van der Waals surface area contributed by atoms with Gasteiger partial charge in [0.05, 0.1) is 12.7 Å². The van der Waals surface area contributed by atoms with Crippen LogP contribution in [0, 0.1) is 17.8 Å². The molecule has 0 heterocycles. The number of allylic oxidation sites excluding steroid dienone is 2. The summed E-state index contributed by atoms with van der Waals surface area (Å²) in [5.74, 6) is 2.39. The molecule has 0 spiro atoms. The predicted molar refractivity (Wildman–Crippen MR) is 136 cm³/mol. The molecule has 4 rings (SSSR count). The SMILES string of the molecule is CCCCC(CCCC(CC)OCC1CC2C=CC1C2)(c1ccccc1)c1ccccc1. The number of fused-ring (bicyclic) bond motifs is 2. The summed E-state index contributed by atoms with van der Waals surface area (Å²) in [4.78, 5) is 0. The van der Waals surface area contributed by atoms with E-state index in [2.05, 4.69) is 86.7 Å². The molecule has 1 heteroatoms. The smallest absolute Gasteiger partial charge is 0.0572 e. The van der Waals surface area contributed by atoms with Crippen molar-refractivity contribution in [3.8, 4) is 0 Å². The molecule has 2 aromatic carbocycles. The predicted octanol–water partition coefficient (Wildman–Crippen LogP) is 8.34. The highest BCUT2D eigenvalue weighted by Gasteiger charge is 2.36. The standard InChI is InChI=1S/C31H42O/c1-3-5-20-31(28-13-8-6-9-14-28,29-15-10-7-11-16-29)21-12-17-30(4-2)32-24-27-23-25-18-19-26(27)22-25/h6-11,13-16,18-19,25-27,30H,3-5,12,17,20-24H2,1-2H3. The Kier molecular flexibility index (Phi) is 8.25. The summed E-state index contributed by atoms with van der Waals surface area (Å²) >= 11 is 0. The van der Waals surface area contributed by atoms with Crippen molar-refractivity contribution in [3.05, 3.63) is 83.9 Å². The Morgan fingerprint density at radius 3 is 2.03 bits per heavy atom. The third kappa shape index (κ3) is 5.37. The average Bonchev–Trinajstić information content (AvgIpc) is 3.48. The molecule has 0 N–H and O–H groups in total. The number of rotatable bonds is 13. The topological polar surface area (TPSA) is 9.23 Å². The monoisotopic (exact) mass is 430 g/mol. The first-order valence-electron chi connectivity index (χ1n) is 13.2. The van der Waals surface area contributed by atoms with Crippen molar-refractivity contribution < 1.29 is 4.74 Å². The van der Waals surface area contributed by atoms with Crippen molar-refractivity contribution in [1.82, 2.24) is 0 Å². The minimum atomic E-state index is 0.103. The van der Waals surface area contributed by atoms with Crippen LogP contribution >= 0.6 is 0 Å². The molecule has 2 aliphatic rings. The van der Waals surface area contributed by atoms with Crippen LogP contribution in [0.1, 0.15) is 82.8 Å². The summed E-state index contributed by atoms with van der Waals surface area (Å²) in [7, 11) is 0. The molecule has 0 saturated heterocycles. The van der Waals surface area contributed by atoms with Gasteiger partial charge in [0.25, 0.3) is 0 Å². The molecule has 1 saturated carbocycles. The van der Waals surface area contributed by atoms with Crippen LogP contribution in [0.2, 0.25) is 0 Å². The van der Waals surface area contributed by atoms with Crippen LogP contribution in [-0.4, -0.2) is 12.7 Å². The number of unbranched alkanes of at least 4 members (excludes halogenated alkanes) is 1. The highest BCUT2D eigenvalue weighted by atomic mass is 16.5. The maximum atomic E-state index is 6.50. The number of benzene rings is 2. The Bertz CT molecular complexity index is 785. The molecular weight excluding hydrogens is 388 g/mol. The first kappa shape index (κ1) is 23.3. The summed E-state index contributed by atoms with van der Waals surface area (Å²) < 4.78 is 6.50. The minimum Gasteiger partial charge on any atom is -0.378 e. The average molecular weight is 431 g/mol. The van der Waals surface area contributed by atoms with Gasteiger partial charge in [-0.25, -0.2) is 0 Å². The van der Waals surface area contributed by atoms with Crippen LogP contribution in [0.5, 0.6) is 0 Å². The second-order valence-electron chi connectivity index (χ2n) is 10.2. The van der Waals surface area contributed by atoms with E-state index >= 15 is 0 Å². The quantitative estimate of drug-likeness (QED) is 0.290. The van der Waals surface area contributed by atoms with Gasteiger partial charge < -0.3 is 4.74 Å². The van der Waals surface area contributed by atoms with Crippen molar-refractivity contribution in [2.45, 2.75) is 83.2 Å². The van der Waals surface area contributed by atoms with Gasteiger partial charge in [-0.05, 0) is 73.8 Å². The fraction of sp³-hybridized carbons (Fsp3) is 0.548. The molecule has 2 aromatic rings. The van der Waals surface area contributed by atoms with Gasteiger partial charge in [-0.1, -0.05) is 99.5 Å². The molecule has 172 valence electrons. The number of ether oxygens (including phenoxy) is 1. The van der Waals surface area contributed by atoms with E-state index in [1.807, 2.05) is 0 Å². The zero-order chi connectivity index (χ0) is 22.2. The Labute approximate surface area is 196 Å². The fourth-order valence-corrected chi connectivity index (χ4v) is 6.24. The molecule has 2 bridgehead atoms. The van der Waals surface area contributed by atoms with E-state index in [-0.39, 0.29) is 5.41 Å². The fourth-order valence-electron chi connectivity index (χ4n) is 6.24. The highest BCUT2D eigenvalue weighted by molar-refractivity contribution is 5.39. The summed E-state index contributed by atoms with van der Waals surface area (Å²) in [5, 5.41) is 0. The van der Waals surface area contributed by atoms with Gasteiger partial charge in [0.2, 0.25) is 0 Å². The lowest BCUT2D eigenvalue weighted by Gasteiger charge is -2.36. The van der Waals surface area contributed by atoms with Crippen LogP contribution in [-0.2, 0) is 10.2 Å². The van der Waals surface area contributed by atoms with Crippen LogP contribution in [0.15, 0.2) is 72.8 Å². The van der Waals surface area contributed by atoms with E-state index in [1.165, 1.54) is 62.5 Å². The molecule has 4 atom stereocenters. The number of hydrogen-bond donors (Lipinski definition) is 0. The maximum absolute atomic E-state index is 6.50. The van der Waals surface area contributed by atoms with Gasteiger partial charge in [0, 0.05) is 5.41 Å². The molecule has 2 aliphatic carbocycles. The molecule has 0 aromatic heterocycles. The van der Waals surface area contributed by atoms with E-state index in [4.69, 9.17) is 4.74 Å². The molecule has 1 nitrogen and oxygen atoms in total. The summed E-state index contributed by atoms with van der Waals surface area (Å²) in [6.07, 6.45) is 16.4. The third-order valence-electron chi connectivity index (χ3n) is 8.16. The van der Waals surface area contributed by atoms with E-state index < -0.39 is 0 Å². The molecule has 32 heavy (non-hydrogen) atoms. The van der Waals surface area contributed by atoms with Gasteiger partial charge in [0.1, 0.15) is 0 Å². The molecule has 0 radical (unpaired) electrons. The molecule has 1 fully saturated rings.